The van der Waals surface area contributed by atoms with E-state index in [0.29, 0.717) is 19.6 Å². The van der Waals surface area contributed by atoms with Crippen molar-refractivity contribution >= 4 is 0 Å². The monoisotopic (exact) mass is 267 g/mol. The van der Waals surface area contributed by atoms with Crippen LogP contribution < -0.4 is 5.32 Å². The summed E-state index contributed by atoms with van der Waals surface area (Å²) >= 11 is 0. The summed E-state index contributed by atoms with van der Waals surface area (Å²) in [4.78, 5) is 0. The third-order valence-corrected chi connectivity index (χ3v) is 3.28. The van der Waals surface area contributed by atoms with Crippen LogP contribution in [0.1, 0.15) is 37.4 Å². The predicted octanol–water partition coefficient (Wildman–Crippen LogP) is 2.14. The Balaban J connectivity index is 2.59. The Morgan fingerprint density at radius 2 is 2.11 bits per heavy atom. The van der Waals surface area contributed by atoms with Crippen molar-refractivity contribution < 1.29 is 14.9 Å². The summed E-state index contributed by atoms with van der Waals surface area (Å²) in [5.74, 6) is 0.280. The van der Waals surface area contributed by atoms with Crippen LogP contribution in [0.5, 0.6) is 5.75 Å². The van der Waals surface area contributed by atoms with Crippen molar-refractivity contribution in [3.63, 3.8) is 0 Å². The molecule has 4 heteroatoms. The number of hydrogen-bond acceptors (Lipinski definition) is 4. The maximum atomic E-state index is 10.2. The molecule has 0 saturated carbocycles. The second-order valence-corrected chi connectivity index (χ2v) is 5.40. The van der Waals surface area contributed by atoms with Crippen LogP contribution in [0.15, 0.2) is 18.2 Å². The molecule has 0 saturated heterocycles. The molecule has 1 rings (SSSR count). The fourth-order valence-corrected chi connectivity index (χ4v) is 1.91. The van der Waals surface area contributed by atoms with E-state index >= 15 is 0 Å². The Morgan fingerprint density at radius 1 is 1.42 bits per heavy atom. The van der Waals surface area contributed by atoms with Crippen LogP contribution in [0.3, 0.4) is 0 Å². The van der Waals surface area contributed by atoms with Crippen molar-refractivity contribution in [2.45, 2.75) is 38.8 Å². The number of aromatic hydroxyl groups is 1. The van der Waals surface area contributed by atoms with Gasteiger partial charge in [0.15, 0.2) is 0 Å². The first-order valence-corrected chi connectivity index (χ1v) is 6.60. The van der Waals surface area contributed by atoms with Crippen molar-refractivity contribution in [1.29, 1.82) is 0 Å². The molecule has 19 heavy (non-hydrogen) atoms. The maximum absolute atomic E-state index is 10.2. The van der Waals surface area contributed by atoms with Crippen LogP contribution in [-0.4, -0.2) is 36.1 Å². The van der Waals surface area contributed by atoms with Gasteiger partial charge in [-0.25, -0.2) is 0 Å². The number of phenols is 1. The fraction of sp³-hybridized carbons (Fsp3) is 0.600. The van der Waals surface area contributed by atoms with Gasteiger partial charge < -0.3 is 20.3 Å². The summed E-state index contributed by atoms with van der Waals surface area (Å²) in [7, 11) is 1.62. The Morgan fingerprint density at radius 3 is 2.74 bits per heavy atom. The largest absolute Gasteiger partial charge is 0.508 e. The molecule has 0 aliphatic rings. The molecule has 0 aromatic heterocycles. The summed E-state index contributed by atoms with van der Waals surface area (Å²) in [5.41, 5.74) is 1.14. The van der Waals surface area contributed by atoms with E-state index in [0.717, 1.165) is 11.1 Å². The molecule has 1 aromatic carbocycles. The van der Waals surface area contributed by atoms with Gasteiger partial charge in [0.25, 0.3) is 0 Å². The number of aryl methyl sites for hydroxylation is 1. The maximum Gasteiger partial charge on any atom is 0.120 e. The van der Waals surface area contributed by atoms with Crippen molar-refractivity contribution in [1.82, 2.24) is 5.32 Å². The van der Waals surface area contributed by atoms with Gasteiger partial charge in [0.2, 0.25) is 0 Å². The number of benzene rings is 1. The second-order valence-electron chi connectivity index (χ2n) is 5.40. The van der Waals surface area contributed by atoms with Gasteiger partial charge in [-0.15, -0.1) is 0 Å². The minimum atomic E-state index is -0.816. The number of aliphatic hydroxyl groups is 1. The lowest BCUT2D eigenvalue weighted by molar-refractivity contribution is 0.0230. The zero-order chi connectivity index (χ0) is 14.5. The number of ether oxygens (including phenoxy) is 1. The van der Waals surface area contributed by atoms with Crippen LogP contribution in [0.4, 0.5) is 0 Å². The minimum absolute atomic E-state index is 0.0195. The lowest BCUT2D eigenvalue weighted by Gasteiger charge is -2.26. The highest BCUT2D eigenvalue weighted by Gasteiger charge is 2.21. The third kappa shape index (κ3) is 5.19. The summed E-state index contributed by atoms with van der Waals surface area (Å²) in [6.07, 6.45) is 0.572. The van der Waals surface area contributed by atoms with Crippen LogP contribution in [0, 0.1) is 6.92 Å². The van der Waals surface area contributed by atoms with Gasteiger partial charge in [-0.2, -0.15) is 0 Å². The molecule has 0 spiro atoms. The van der Waals surface area contributed by atoms with Crippen molar-refractivity contribution in [3.05, 3.63) is 29.3 Å². The molecule has 2 unspecified atom stereocenters. The topological polar surface area (TPSA) is 61.7 Å². The highest BCUT2D eigenvalue weighted by atomic mass is 16.5. The number of hydrogen-bond donors (Lipinski definition) is 3. The van der Waals surface area contributed by atoms with Crippen LogP contribution >= 0.6 is 0 Å². The molecule has 0 aliphatic heterocycles. The van der Waals surface area contributed by atoms with Crippen molar-refractivity contribution in [3.8, 4) is 5.75 Å². The molecule has 3 N–H and O–H groups in total. The molecule has 0 radical (unpaired) electrons. The number of rotatable bonds is 7. The van der Waals surface area contributed by atoms with Crippen LogP contribution in [0.25, 0.3) is 0 Å². The van der Waals surface area contributed by atoms with Crippen LogP contribution in [-0.2, 0) is 4.74 Å². The molecule has 0 heterocycles. The quantitative estimate of drug-likeness (QED) is 0.708. The highest BCUT2D eigenvalue weighted by molar-refractivity contribution is 5.37. The van der Waals surface area contributed by atoms with E-state index in [1.54, 1.807) is 20.1 Å². The summed E-state index contributed by atoms with van der Waals surface area (Å²) in [5, 5.41) is 23.3. The third-order valence-electron chi connectivity index (χ3n) is 3.28. The SMILES string of the molecule is COCCC(C)(O)CNC(C)c1cc(C)ccc1O. The average Bonchev–Trinajstić information content (AvgIpc) is 2.36. The van der Waals surface area contributed by atoms with E-state index in [1.165, 1.54) is 0 Å². The molecule has 0 amide bonds. The van der Waals surface area contributed by atoms with Crippen molar-refractivity contribution in [2.24, 2.45) is 0 Å². The highest BCUT2D eigenvalue weighted by Crippen LogP contribution is 2.25. The minimum Gasteiger partial charge on any atom is -0.508 e. The van der Waals surface area contributed by atoms with Gasteiger partial charge >= 0.3 is 0 Å². The van der Waals surface area contributed by atoms with E-state index < -0.39 is 5.60 Å². The number of methoxy groups -OCH3 is 1. The lowest BCUT2D eigenvalue weighted by atomic mass is 10.0. The van der Waals surface area contributed by atoms with Gasteiger partial charge in [-0.3, -0.25) is 0 Å². The standard InChI is InChI=1S/C15H25NO3/c1-11-5-6-14(17)13(9-11)12(2)16-10-15(3,18)7-8-19-4/h5-6,9,12,16-18H,7-8,10H2,1-4H3. The van der Waals surface area contributed by atoms with Gasteiger partial charge in [0, 0.05) is 38.3 Å². The first kappa shape index (κ1) is 16.0. The lowest BCUT2D eigenvalue weighted by Crippen LogP contribution is -2.39. The molecular formula is C15H25NO3. The zero-order valence-corrected chi connectivity index (χ0v) is 12.2. The van der Waals surface area contributed by atoms with E-state index in [1.807, 2.05) is 26.0 Å². The molecule has 2 atom stereocenters. The second kappa shape index (κ2) is 6.89. The molecule has 1 aromatic rings. The van der Waals surface area contributed by atoms with E-state index in [4.69, 9.17) is 4.74 Å². The van der Waals surface area contributed by atoms with Crippen LogP contribution in [0.2, 0.25) is 0 Å². The predicted molar refractivity (Wildman–Crippen MR) is 76.4 cm³/mol. The first-order chi connectivity index (χ1) is 8.85. The molecule has 4 nitrogen and oxygen atoms in total. The van der Waals surface area contributed by atoms with Crippen molar-refractivity contribution in [2.75, 3.05) is 20.3 Å². The van der Waals surface area contributed by atoms with E-state index in [9.17, 15) is 10.2 Å². The number of nitrogens with one attached hydrogen (secondary N) is 1. The molecule has 0 aliphatic carbocycles. The molecule has 0 fully saturated rings. The Kier molecular flexibility index (Phi) is 5.79. The van der Waals surface area contributed by atoms with Gasteiger partial charge in [0.1, 0.15) is 5.75 Å². The first-order valence-electron chi connectivity index (χ1n) is 6.60. The molecule has 0 bridgehead atoms. The molecule has 108 valence electrons. The zero-order valence-electron chi connectivity index (χ0n) is 12.2. The average molecular weight is 267 g/mol. The summed E-state index contributed by atoms with van der Waals surface area (Å²) in [6.45, 7) is 6.72. The van der Waals surface area contributed by atoms with E-state index in [-0.39, 0.29) is 11.8 Å². The van der Waals surface area contributed by atoms with E-state index in [2.05, 4.69) is 5.32 Å². The van der Waals surface area contributed by atoms with Gasteiger partial charge in [-0.1, -0.05) is 17.7 Å². The molecular weight excluding hydrogens is 242 g/mol. The summed E-state index contributed by atoms with van der Waals surface area (Å²) in [6, 6.07) is 5.51. The Labute approximate surface area is 115 Å². The fourth-order valence-electron chi connectivity index (χ4n) is 1.91. The number of phenolic OH excluding ortho intramolecular Hbond substituents is 1. The van der Waals surface area contributed by atoms with Gasteiger partial charge in [0.05, 0.1) is 5.60 Å². The Hall–Kier alpha value is -1.10. The smallest absolute Gasteiger partial charge is 0.120 e. The Bertz CT molecular complexity index is 404. The normalized spacial score (nSPS) is 16.1. The van der Waals surface area contributed by atoms with Gasteiger partial charge in [-0.05, 0) is 26.8 Å². The summed E-state index contributed by atoms with van der Waals surface area (Å²) < 4.78 is 4.98.